The number of hydrogen-bond acceptors (Lipinski definition) is 3. The Morgan fingerprint density at radius 1 is 0.913 bits per heavy atom. The summed E-state index contributed by atoms with van der Waals surface area (Å²) in [5.74, 6) is -0.404. The highest BCUT2D eigenvalue weighted by Gasteiger charge is 2.15. The summed E-state index contributed by atoms with van der Waals surface area (Å²) in [6, 6.07) is 11.8. The van der Waals surface area contributed by atoms with E-state index in [1.54, 1.807) is 6.07 Å². The Hall–Kier alpha value is -2.75. The van der Waals surface area contributed by atoms with Crippen LogP contribution in [0.1, 0.15) is 26.3 Å². The monoisotopic (exact) mass is 309 g/mol. The van der Waals surface area contributed by atoms with Gasteiger partial charge in [0.05, 0.1) is 0 Å². The van der Waals surface area contributed by atoms with E-state index in [1.807, 2.05) is 18.2 Å². The first-order valence-electron chi connectivity index (χ1n) is 7.45. The maximum absolute atomic E-state index is 12.5. The van der Waals surface area contributed by atoms with Crippen LogP contribution < -0.4 is 5.43 Å². The number of rotatable bonds is 1. The first-order chi connectivity index (χ1) is 10.8. The van der Waals surface area contributed by atoms with Gasteiger partial charge < -0.3 is 15.2 Å². The molecular formula is C19H19NO3. The normalized spacial score (nSPS) is 11.8. The highest BCUT2D eigenvalue weighted by Crippen LogP contribution is 2.30. The van der Waals surface area contributed by atoms with Gasteiger partial charge in [0.2, 0.25) is 0 Å². The molecule has 23 heavy (non-hydrogen) atoms. The fraction of sp³-hybridized carbons (Fsp3) is 0.211. The second kappa shape index (κ2) is 5.16. The number of aromatic amines is 1. The van der Waals surface area contributed by atoms with Gasteiger partial charge in [-0.3, -0.25) is 4.79 Å². The average Bonchev–Trinajstić information content (AvgIpc) is 2.48. The summed E-state index contributed by atoms with van der Waals surface area (Å²) in [5.41, 5.74) is 2.98. The lowest BCUT2D eigenvalue weighted by molar-refractivity contribution is 0.404. The van der Waals surface area contributed by atoms with Crippen molar-refractivity contribution in [1.29, 1.82) is 0 Å². The first-order valence-corrected chi connectivity index (χ1v) is 7.45. The number of benzene rings is 2. The fourth-order valence-corrected chi connectivity index (χ4v) is 2.56. The molecule has 2 aromatic carbocycles. The van der Waals surface area contributed by atoms with Gasteiger partial charge in [-0.2, -0.15) is 0 Å². The largest absolute Gasteiger partial charge is 0.504 e. The van der Waals surface area contributed by atoms with Crippen LogP contribution in [0.5, 0.6) is 11.5 Å². The van der Waals surface area contributed by atoms with Crippen molar-refractivity contribution in [3.8, 4) is 22.8 Å². The molecule has 4 heteroatoms. The van der Waals surface area contributed by atoms with Crippen molar-refractivity contribution >= 4 is 10.9 Å². The van der Waals surface area contributed by atoms with Crippen LogP contribution in [0.2, 0.25) is 0 Å². The Bertz CT molecular complexity index is 949. The summed E-state index contributed by atoms with van der Waals surface area (Å²) in [4.78, 5) is 15.7. The SMILES string of the molecule is CC(C)(C)c1ccc2[nH]c(-c3ccc(O)c(O)c3)cc(=O)c2c1. The molecule has 0 bridgehead atoms. The molecule has 0 aliphatic heterocycles. The summed E-state index contributed by atoms with van der Waals surface area (Å²) in [7, 11) is 0. The quantitative estimate of drug-likeness (QED) is 0.597. The number of phenols is 2. The van der Waals surface area contributed by atoms with Gasteiger partial charge in [-0.25, -0.2) is 0 Å². The van der Waals surface area contributed by atoms with Crippen LogP contribution in [0.25, 0.3) is 22.2 Å². The van der Waals surface area contributed by atoms with E-state index in [4.69, 9.17) is 0 Å². The molecule has 1 aromatic heterocycles. The van der Waals surface area contributed by atoms with Crippen molar-refractivity contribution in [2.45, 2.75) is 26.2 Å². The molecule has 1 heterocycles. The lowest BCUT2D eigenvalue weighted by Crippen LogP contribution is -2.12. The molecule has 0 amide bonds. The average molecular weight is 309 g/mol. The minimum Gasteiger partial charge on any atom is -0.504 e. The van der Waals surface area contributed by atoms with Gasteiger partial charge in [-0.1, -0.05) is 26.8 Å². The molecule has 4 nitrogen and oxygen atoms in total. The molecule has 0 aliphatic rings. The van der Waals surface area contributed by atoms with Crippen molar-refractivity contribution in [3.05, 3.63) is 58.3 Å². The minimum atomic E-state index is -0.216. The van der Waals surface area contributed by atoms with Crippen LogP contribution >= 0.6 is 0 Å². The molecule has 0 saturated carbocycles. The number of fused-ring (bicyclic) bond motifs is 1. The van der Waals surface area contributed by atoms with Crippen molar-refractivity contribution in [3.63, 3.8) is 0 Å². The number of H-pyrrole nitrogens is 1. The van der Waals surface area contributed by atoms with Gasteiger partial charge >= 0.3 is 0 Å². The zero-order chi connectivity index (χ0) is 16.8. The molecule has 0 aliphatic carbocycles. The third-order valence-corrected chi connectivity index (χ3v) is 3.98. The maximum Gasteiger partial charge on any atom is 0.190 e. The van der Waals surface area contributed by atoms with Crippen LogP contribution in [-0.2, 0) is 5.41 Å². The summed E-state index contributed by atoms with van der Waals surface area (Å²) in [5, 5.41) is 19.7. The minimum absolute atomic E-state index is 0.0257. The summed E-state index contributed by atoms with van der Waals surface area (Å²) < 4.78 is 0. The molecule has 0 saturated heterocycles. The van der Waals surface area contributed by atoms with E-state index in [9.17, 15) is 15.0 Å². The molecule has 0 radical (unpaired) electrons. The smallest absolute Gasteiger partial charge is 0.190 e. The third-order valence-electron chi connectivity index (χ3n) is 3.98. The van der Waals surface area contributed by atoms with Crippen molar-refractivity contribution < 1.29 is 10.2 Å². The molecule has 3 rings (SSSR count). The van der Waals surface area contributed by atoms with E-state index in [1.165, 1.54) is 18.2 Å². The van der Waals surface area contributed by atoms with Gasteiger partial charge in [-0.05, 0) is 41.3 Å². The predicted molar refractivity (Wildman–Crippen MR) is 92.0 cm³/mol. The molecule has 118 valence electrons. The van der Waals surface area contributed by atoms with E-state index < -0.39 is 0 Å². The number of nitrogens with one attached hydrogen (secondary N) is 1. The molecule has 0 fully saturated rings. The number of aromatic nitrogens is 1. The Balaban J connectivity index is 2.19. The zero-order valence-electron chi connectivity index (χ0n) is 13.3. The van der Waals surface area contributed by atoms with Crippen molar-refractivity contribution in [2.75, 3.05) is 0 Å². The Morgan fingerprint density at radius 3 is 2.30 bits per heavy atom. The topological polar surface area (TPSA) is 73.3 Å². The molecule has 3 aromatic rings. The Morgan fingerprint density at radius 2 is 1.65 bits per heavy atom. The van der Waals surface area contributed by atoms with E-state index >= 15 is 0 Å². The summed E-state index contributed by atoms with van der Waals surface area (Å²) in [6.45, 7) is 6.32. The van der Waals surface area contributed by atoms with Crippen LogP contribution in [0.15, 0.2) is 47.3 Å². The number of phenolic OH excluding ortho intramolecular Hbond substituents is 2. The second-order valence-electron chi connectivity index (χ2n) is 6.76. The van der Waals surface area contributed by atoms with Gasteiger partial charge in [0.15, 0.2) is 16.9 Å². The number of aromatic hydroxyl groups is 2. The highest BCUT2D eigenvalue weighted by atomic mass is 16.3. The van der Waals surface area contributed by atoms with E-state index in [2.05, 4.69) is 25.8 Å². The molecule has 0 unspecified atom stereocenters. The lowest BCUT2D eigenvalue weighted by atomic mass is 9.86. The Kier molecular flexibility index (Phi) is 3.40. The van der Waals surface area contributed by atoms with Crippen LogP contribution in [0.4, 0.5) is 0 Å². The lowest BCUT2D eigenvalue weighted by Gasteiger charge is -2.19. The van der Waals surface area contributed by atoms with Crippen molar-refractivity contribution in [1.82, 2.24) is 4.98 Å². The van der Waals surface area contributed by atoms with Crippen LogP contribution in [0.3, 0.4) is 0 Å². The molecule has 0 atom stereocenters. The van der Waals surface area contributed by atoms with Crippen LogP contribution in [-0.4, -0.2) is 15.2 Å². The third kappa shape index (κ3) is 2.80. The van der Waals surface area contributed by atoms with Crippen LogP contribution in [0, 0.1) is 0 Å². The number of pyridine rings is 1. The van der Waals surface area contributed by atoms with Gasteiger partial charge in [0.25, 0.3) is 0 Å². The summed E-state index contributed by atoms with van der Waals surface area (Å²) >= 11 is 0. The summed E-state index contributed by atoms with van der Waals surface area (Å²) in [6.07, 6.45) is 0. The van der Waals surface area contributed by atoms with E-state index in [0.717, 1.165) is 11.1 Å². The zero-order valence-corrected chi connectivity index (χ0v) is 13.3. The molecule has 0 spiro atoms. The first kappa shape index (κ1) is 15.2. The second-order valence-corrected chi connectivity index (χ2v) is 6.76. The van der Waals surface area contributed by atoms with Gasteiger partial charge in [0.1, 0.15) is 0 Å². The van der Waals surface area contributed by atoms with Crippen molar-refractivity contribution in [2.24, 2.45) is 0 Å². The molecular weight excluding hydrogens is 290 g/mol. The van der Waals surface area contributed by atoms with E-state index in [0.29, 0.717) is 16.6 Å². The fourth-order valence-electron chi connectivity index (χ4n) is 2.56. The predicted octanol–water partition coefficient (Wildman–Crippen LogP) is 3.90. The van der Waals surface area contributed by atoms with Gasteiger partial charge in [0, 0.05) is 28.2 Å². The maximum atomic E-state index is 12.5. The highest BCUT2D eigenvalue weighted by molar-refractivity contribution is 5.82. The molecule has 3 N–H and O–H groups in total. The van der Waals surface area contributed by atoms with Gasteiger partial charge in [-0.15, -0.1) is 0 Å². The van der Waals surface area contributed by atoms with E-state index in [-0.39, 0.29) is 22.3 Å². The standard InChI is InChI=1S/C19H19NO3/c1-19(2,3)12-5-6-14-13(9-12)17(22)10-15(20-14)11-4-7-16(21)18(23)8-11/h4-10,21,23H,1-3H3,(H,20,22). The number of hydrogen-bond donors (Lipinski definition) is 3. The Labute approximate surface area is 134 Å².